The Hall–Kier alpha value is -5.05. The van der Waals surface area contributed by atoms with E-state index in [4.69, 9.17) is 4.63 Å². The number of nitrogens with zero attached hydrogens (tertiary/aromatic N) is 4. The van der Waals surface area contributed by atoms with E-state index in [2.05, 4.69) is 25.3 Å². The molecule has 4 aromatic heterocycles. The molecule has 3 aromatic carbocycles. The fourth-order valence-electron chi connectivity index (χ4n) is 4.60. The van der Waals surface area contributed by atoms with Gasteiger partial charge < -0.3 is 20.2 Å². The second-order valence-electron chi connectivity index (χ2n) is 8.05. The second-order valence-corrected chi connectivity index (χ2v) is 8.05. The van der Waals surface area contributed by atoms with Crippen LogP contribution in [0.5, 0.6) is 11.6 Å². The van der Waals surface area contributed by atoms with Crippen molar-refractivity contribution in [1.29, 1.82) is 0 Å². The van der Waals surface area contributed by atoms with Gasteiger partial charge in [-0.1, -0.05) is 24.3 Å². The molecule has 0 atom stereocenters. The van der Waals surface area contributed by atoms with Gasteiger partial charge in [0.05, 0.1) is 34.3 Å². The Morgan fingerprint density at radius 3 is 2.62 bits per heavy atom. The first-order valence-electron chi connectivity index (χ1n) is 10.6. The number of para-hydroxylation sites is 1. The van der Waals surface area contributed by atoms with E-state index in [-0.39, 0.29) is 11.6 Å². The monoisotopic (exact) mass is 448 g/mol. The first kappa shape index (κ1) is 18.5. The lowest BCUT2D eigenvalue weighted by atomic mass is 9.99. The molecule has 0 aliphatic rings. The molecule has 9 nitrogen and oxygen atoms in total. The van der Waals surface area contributed by atoms with Crippen LogP contribution in [0.4, 0.5) is 0 Å². The fourth-order valence-corrected chi connectivity index (χ4v) is 4.60. The van der Waals surface area contributed by atoms with Crippen LogP contribution in [0, 0.1) is 0 Å². The van der Waals surface area contributed by atoms with Gasteiger partial charge in [-0.05, 0) is 46.7 Å². The van der Waals surface area contributed by atoms with Gasteiger partial charge in [0, 0.05) is 28.2 Å². The summed E-state index contributed by atoms with van der Waals surface area (Å²) >= 11 is 0. The van der Waals surface area contributed by atoms with Crippen molar-refractivity contribution in [2.75, 3.05) is 0 Å². The summed E-state index contributed by atoms with van der Waals surface area (Å²) in [6, 6.07) is 18.9. The van der Waals surface area contributed by atoms with Crippen molar-refractivity contribution in [1.82, 2.24) is 29.8 Å². The summed E-state index contributed by atoms with van der Waals surface area (Å²) in [5.74, 6) is -0.490. The molecular weight excluding hydrogens is 432 g/mol. The number of benzene rings is 3. The first-order chi connectivity index (χ1) is 16.7. The van der Waals surface area contributed by atoms with Gasteiger partial charge in [-0.2, -0.15) is 0 Å². The van der Waals surface area contributed by atoms with Crippen molar-refractivity contribution < 1.29 is 14.8 Å². The molecule has 7 rings (SSSR count). The first-order valence-corrected chi connectivity index (χ1v) is 10.6. The average Bonchev–Trinajstić information content (AvgIpc) is 3.64. The molecule has 0 unspecified atom stereocenters. The number of aromatic amines is 2. The lowest BCUT2D eigenvalue weighted by Gasteiger charge is -2.12. The standard InChI is InChI=1S/C25H16N6O3/c32-24-22(16-11-26-17-4-2-1-3-15(16)17)23(13-5-7-19-21(9-13)30-34-29-19)31(25(24)33)14-6-8-18-20(10-14)28-12-27-18/h1-12,26,32-33H,(H,27,28). The Labute approximate surface area is 190 Å². The van der Waals surface area contributed by atoms with Crippen LogP contribution in [-0.4, -0.2) is 40.0 Å². The lowest BCUT2D eigenvalue weighted by molar-refractivity contribution is 0.315. The topological polar surface area (TPSA) is 129 Å². The molecule has 0 saturated carbocycles. The fraction of sp³-hybridized carbons (Fsp3) is 0. The molecular formula is C25H16N6O3. The largest absolute Gasteiger partial charge is 0.503 e. The van der Waals surface area contributed by atoms with Gasteiger partial charge in [0.25, 0.3) is 0 Å². The van der Waals surface area contributed by atoms with Gasteiger partial charge in [0.1, 0.15) is 11.0 Å². The van der Waals surface area contributed by atoms with Crippen molar-refractivity contribution >= 4 is 33.0 Å². The average molecular weight is 448 g/mol. The number of aromatic hydroxyl groups is 2. The molecule has 164 valence electrons. The summed E-state index contributed by atoms with van der Waals surface area (Å²) in [6.07, 6.45) is 3.45. The Bertz CT molecular complexity index is 1860. The van der Waals surface area contributed by atoms with E-state index >= 15 is 0 Å². The number of rotatable bonds is 3. The minimum atomic E-state index is -0.271. The molecule has 0 amide bonds. The van der Waals surface area contributed by atoms with Gasteiger partial charge in [0.2, 0.25) is 5.88 Å². The molecule has 0 radical (unpaired) electrons. The number of aromatic nitrogens is 6. The molecule has 0 bridgehead atoms. The minimum absolute atomic E-state index is 0.220. The van der Waals surface area contributed by atoms with Crippen molar-refractivity contribution in [2.45, 2.75) is 0 Å². The third kappa shape index (κ3) is 2.51. The summed E-state index contributed by atoms with van der Waals surface area (Å²) in [4.78, 5) is 10.6. The zero-order valence-corrected chi connectivity index (χ0v) is 17.5. The third-order valence-electron chi connectivity index (χ3n) is 6.17. The third-order valence-corrected chi connectivity index (χ3v) is 6.17. The molecule has 0 fully saturated rings. The highest BCUT2D eigenvalue weighted by Gasteiger charge is 2.28. The highest BCUT2D eigenvalue weighted by molar-refractivity contribution is 6.03. The van der Waals surface area contributed by atoms with Crippen LogP contribution in [0.2, 0.25) is 0 Å². The van der Waals surface area contributed by atoms with Gasteiger partial charge in [0.15, 0.2) is 5.75 Å². The minimum Gasteiger partial charge on any atom is -0.503 e. The van der Waals surface area contributed by atoms with E-state index in [1.807, 2.05) is 60.8 Å². The van der Waals surface area contributed by atoms with Crippen molar-refractivity contribution in [3.8, 4) is 39.7 Å². The predicted molar refractivity (Wildman–Crippen MR) is 127 cm³/mol. The summed E-state index contributed by atoms with van der Waals surface area (Å²) < 4.78 is 6.50. The Kier molecular flexibility index (Phi) is 3.66. The molecule has 4 heterocycles. The normalized spacial score (nSPS) is 11.8. The van der Waals surface area contributed by atoms with Crippen molar-refractivity contribution in [2.24, 2.45) is 0 Å². The number of H-pyrrole nitrogens is 2. The molecule has 7 aromatic rings. The molecule has 34 heavy (non-hydrogen) atoms. The van der Waals surface area contributed by atoms with Crippen LogP contribution >= 0.6 is 0 Å². The molecule has 4 N–H and O–H groups in total. The van der Waals surface area contributed by atoms with E-state index in [9.17, 15) is 10.2 Å². The number of fused-ring (bicyclic) bond motifs is 3. The highest BCUT2D eigenvalue weighted by Crippen LogP contribution is 2.50. The van der Waals surface area contributed by atoms with Crippen LogP contribution in [0.25, 0.3) is 61.0 Å². The van der Waals surface area contributed by atoms with Crippen LogP contribution in [0.3, 0.4) is 0 Å². The van der Waals surface area contributed by atoms with E-state index in [0.717, 1.165) is 33.1 Å². The van der Waals surface area contributed by atoms with E-state index in [1.165, 1.54) is 0 Å². The number of nitrogens with one attached hydrogen (secondary N) is 2. The Balaban J connectivity index is 1.59. The SMILES string of the molecule is Oc1c(-c2c[nH]c3ccccc23)c(-c2ccc3nonc3c2)n(-c2ccc3nc[nH]c3c2)c1O. The molecule has 0 saturated heterocycles. The zero-order chi connectivity index (χ0) is 22.8. The molecule has 0 aliphatic carbocycles. The summed E-state index contributed by atoms with van der Waals surface area (Å²) in [5, 5.41) is 31.2. The molecule has 0 spiro atoms. The maximum atomic E-state index is 11.2. The van der Waals surface area contributed by atoms with Crippen LogP contribution in [-0.2, 0) is 0 Å². The summed E-state index contributed by atoms with van der Waals surface area (Å²) in [7, 11) is 0. The Morgan fingerprint density at radius 2 is 1.68 bits per heavy atom. The van der Waals surface area contributed by atoms with Crippen LogP contribution < -0.4 is 0 Å². The maximum Gasteiger partial charge on any atom is 0.240 e. The number of hydrogen-bond acceptors (Lipinski definition) is 6. The van der Waals surface area contributed by atoms with Gasteiger partial charge in [-0.25, -0.2) is 9.61 Å². The highest BCUT2D eigenvalue weighted by atomic mass is 16.6. The van der Waals surface area contributed by atoms with Gasteiger partial charge in [-0.3, -0.25) is 4.57 Å². The number of hydrogen-bond donors (Lipinski definition) is 4. The predicted octanol–water partition coefficient (Wildman–Crippen LogP) is 5.12. The van der Waals surface area contributed by atoms with E-state index in [0.29, 0.717) is 28.0 Å². The van der Waals surface area contributed by atoms with E-state index < -0.39 is 0 Å². The molecule has 0 aliphatic heterocycles. The van der Waals surface area contributed by atoms with Gasteiger partial charge in [-0.15, -0.1) is 0 Å². The van der Waals surface area contributed by atoms with Crippen molar-refractivity contribution in [3.05, 3.63) is 73.2 Å². The number of imidazole rings is 1. The lowest BCUT2D eigenvalue weighted by Crippen LogP contribution is -1.97. The Morgan fingerprint density at radius 1 is 0.824 bits per heavy atom. The smallest absolute Gasteiger partial charge is 0.240 e. The van der Waals surface area contributed by atoms with Crippen LogP contribution in [0.15, 0.2) is 77.8 Å². The quantitative estimate of drug-likeness (QED) is 0.297. The summed E-state index contributed by atoms with van der Waals surface area (Å²) in [6.45, 7) is 0. The zero-order valence-electron chi connectivity index (χ0n) is 17.5. The second kappa shape index (κ2) is 6.72. The van der Waals surface area contributed by atoms with E-state index in [1.54, 1.807) is 17.0 Å². The van der Waals surface area contributed by atoms with Crippen molar-refractivity contribution in [3.63, 3.8) is 0 Å². The van der Waals surface area contributed by atoms with Crippen LogP contribution in [0.1, 0.15) is 0 Å². The molecule has 9 heteroatoms. The summed E-state index contributed by atoms with van der Waals surface area (Å²) in [5.41, 5.74) is 6.95. The maximum absolute atomic E-state index is 11.2. The van der Waals surface area contributed by atoms with Gasteiger partial charge >= 0.3 is 0 Å².